The van der Waals surface area contributed by atoms with Crippen LogP contribution in [0.5, 0.6) is 0 Å². The highest BCUT2D eigenvalue weighted by Gasteiger charge is 2.18. The van der Waals surface area contributed by atoms with Crippen molar-refractivity contribution in [1.82, 2.24) is 10.6 Å². The summed E-state index contributed by atoms with van der Waals surface area (Å²) < 4.78 is 5.38. The minimum Gasteiger partial charge on any atom is -0.375 e. The van der Waals surface area contributed by atoms with Gasteiger partial charge in [0.05, 0.1) is 0 Å². The second-order valence-electron chi connectivity index (χ2n) is 4.62. The average Bonchev–Trinajstić information content (AvgIpc) is 3.02. The molecule has 4 nitrogen and oxygen atoms in total. The van der Waals surface area contributed by atoms with Crippen LogP contribution in [0.1, 0.15) is 37.4 Å². The third-order valence-electron chi connectivity index (χ3n) is 3.34. The number of amides is 2. The predicted molar refractivity (Wildman–Crippen MR) is 72.9 cm³/mol. The molecule has 1 heterocycles. The van der Waals surface area contributed by atoms with E-state index in [4.69, 9.17) is 4.74 Å². The number of ether oxygens (including phenoxy) is 1. The predicted octanol–water partition coefficient (Wildman–Crippen LogP) is 2.68. The van der Waals surface area contributed by atoms with E-state index < -0.39 is 0 Å². The number of rotatable bonds is 5. The minimum absolute atomic E-state index is 0.0643. The quantitative estimate of drug-likeness (QED) is 0.862. The Balaban J connectivity index is 1.74. The Morgan fingerprint density at radius 2 is 2.33 bits per heavy atom. The van der Waals surface area contributed by atoms with Crippen molar-refractivity contribution in [3.63, 3.8) is 0 Å². The van der Waals surface area contributed by atoms with Crippen LogP contribution in [0.3, 0.4) is 0 Å². The van der Waals surface area contributed by atoms with Gasteiger partial charge in [-0.15, -0.1) is 0 Å². The summed E-state index contributed by atoms with van der Waals surface area (Å²) in [5, 5.41) is 9.94. The maximum atomic E-state index is 11.7. The minimum atomic E-state index is -0.0841. The molecule has 1 aliphatic rings. The number of urea groups is 1. The first-order valence-electron chi connectivity index (χ1n) is 6.39. The van der Waals surface area contributed by atoms with Crippen LogP contribution < -0.4 is 10.6 Å². The molecule has 100 valence electrons. The van der Waals surface area contributed by atoms with Crippen LogP contribution in [0.25, 0.3) is 0 Å². The standard InChI is InChI=1S/C13H20N2O2S/c1-17-12(10-6-7-18-9-10)8-14-13(16)15-11-4-2-3-5-11/h6-7,9,11-12H,2-5,8H2,1H3,(H2,14,15,16). The van der Waals surface area contributed by atoms with E-state index >= 15 is 0 Å². The zero-order valence-electron chi connectivity index (χ0n) is 10.6. The molecule has 0 spiro atoms. The van der Waals surface area contributed by atoms with Crippen molar-refractivity contribution in [1.29, 1.82) is 0 Å². The van der Waals surface area contributed by atoms with Gasteiger partial charge in [-0.3, -0.25) is 0 Å². The molecule has 2 N–H and O–H groups in total. The fourth-order valence-corrected chi connectivity index (χ4v) is 2.99. The van der Waals surface area contributed by atoms with Crippen molar-refractivity contribution in [3.05, 3.63) is 22.4 Å². The van der Waals surface area contributed by atoms with Crippen molar-refractivity contribution in [2.24, 2.45) is 0 Å². The third kappa shape index (κ3) is 3.71. The second kappa shape index (κ2) is 6.75. The largest absolute Gasteiger partial charge is 0.375 e. The Labute approximate surface area is 112 Å². The number of hydrogen-bond acceptors (Lipinski definition) is 3. The smallest absolute Gasteiger partial charge is 0.315 e. The Hall–Kier alpha value is -1.07. The van der Waals surface area contributed by atoms with E-state index in [0.29, 0.717) is 12.6 Å². The SMILES string of the molecule is COC(CNC(=O)NC1CCCC1)c1ccsc1. The molecule has 1 aromatic rings. The number of methoxy groups -OCH3 is 1. The topological polar surface area (TPSA) is 50.4 Å². The summed E-state index contributed by atoms with van der Waals surface area (Å²) in [7, 11) is 1.67. The summed E-state index contributed by atoms with van der Waals surface area (Å²) in [6, 6.07) is 2.29. The molecule has 0 saturated heterocycles. The fraction of sp³-hybridized carbons (Fsp3) is 0.615. The maximum absolute atomic E-state index is 11.7. The van der Waals surface area contributed by atoms with Crippen LogP contribution in [0, 0.1) is 0 Å². The maximum Gasteiger partial charge on any atom is 0.315 e. The van der Waals surface area contributed by atoms with Gasteiger partial charge < -0.3 is 15.4 Å². The van der Waals surface area contributed by atoms with Crippen molar-refractivity contribution >= 4 is 17.4 Å². The molecule has 1 fully saturated rings. The van der Waals surface area contributed by atoms with Gasteiger partial charge in [-0.2, -0.15) is 11.3 Å². The Morgan fingerprint density at radius 1 is 1.56 bits per heavy atom. The molecule has 1 unspecified atom stereocenters. The first-order valence-corrected chi connectivity index (χ1v) is 7.33. The van der Waals surface area contributed by atoms with Crippen molar-refractivity contribution in [3.8, 4) is 0 Å². The highest BCUT2D eigenvalue weighted by Crippen LogP contribution is 2.19. The summed E-state index contributed by atoms with van der Waals surface area (Å²) in [4.78, 5) is 11.7. The van der Waals surface area contributed by atoms with Crippen LogP contribution in [0.4, 0.5) is 4.79 Å². The van der Waals surface area contributed by atoms with Crippen LogP contribution in [0.15, 0.2) is 16.8 Å². The first-order chi connectivity index (χ1) is 8.79. The third-order valence-corrected chi connectivity index (χ3v) is 4.04. The average molecular weight is 268 g/mol. The summed E-state index contributed by atoms with van der Waals surface area (Å²) in [5.74, 6) is 0. The molecule has 0 aliphatic heterocycles. The molecular weight excluding hydrogens is 248 g/mol. The van der Waals surface area contributed by atoms with Crippen LogP contribution >= 0.6 is 11.3 Å². The van der Waals surface area contributed by atoms with Gasteiger partial charge in [-0.1, -0.05) is 12.8 Å². The number of nitrogens with one attached hydrogen (secondary N) is 2. The number of carbonyl (C=O) groups is 1. The molecule has 0 bridgehead atoms. The molecule has 1 atom stereocenters. The lowest BCUT2D eigenvalue weighted by molar-refractivity contribution is 0.104. The lowest BCUT2D eigenvalue weighted by Crippen LogP contribution is -2.42. The van der Waals surface area contributed by atoms with Gasteiger partial charge in [0, 0.05) is 19.7 Å². The van der Waals surface area contributed by atoms with Crippen LogP contribution in [0.2, 0.25) is 0 Å². The van der Waals surface area contributed by atoms with Crippen molar-refractivity contribution < 1.29 is 9.53 Å². The lowest BCUT2D eigenvalue weighted by atomic mass is 10.2. The summed E-state index contributed by atoms with van der Waals surface area (Å²) in [6.07, 6.45) is 4.59. The Bertz CT molecular complexity index is 361. The Kier molecular flexibility index (Phi) is 5.01. The first kappa shape index (κ1) is 13.4. The fourth-order valence-electron chi connectivity index (χ4n) is 2.29. The van der Waals surface area contributed by atoms with E-state index in [1.54, 1.807) is 18.4 Å². The van der Waals surface area contributed by atoms with Gasteiger partial charge in [-0.05, 0) is 35.2 Å². The molecule has 1 aliphatic carbocycles. The van der Waals surface area contributed by atoms with Gasteiger partial charge in [0.25, 0.3) is 0 Å². The zero-order valence-corrected chi connectivity index (χ0v) is 11.5. The zero-order chi connectivity index (χ0) is 12.8. The lowest BCUT2D eigenvalue weighted by Gasteiger charge is -2.17. The van der Waals surface area contributed by atoms with E-state index in [2.05, 4.69) is 10.6 Å². The monoisotopic (exact) mass is 268 g/mol. The van der Waals surface area contributed by atoms with E-state index in [-0.39, 0.29) is 12.1 Å². The van der Waals surface area contributed by atoms with Crippen molar-refractivity contribution in [2.45, 2.75) is 37.8 Å². The van der Waals surface area contributed by atoms with E-state index in [9.17, 15) is 4.79 Å². The van der Waals surface area contributed by atoms with E-state index in [0.717, 1.165) is 18.4 Å². The van der Waals surface area contributed by atoms with Crippen LogP contribution in [-0.2, 0) is 4.74 Å². The van der Waals surface area contributed by atoms with Gasteiger partial charge in [0.1, 0.15) is 6.10 Å². The molecular formula is C13H20N2O2S. The molecule has 0 radical (unpaired) electrons. The number of carbonyl (C=O) groups excluding carboxylic acids is 1. The Morgan fingerprint density at radius 3 is 2.94 bits per heavy atom. The highest BCUT2D eigenvalue weighted by molar-refractivity contribution is 7.07. The van der Waals surface area contributed by atoms with E-state index in [1.165, 1.54) is 12.8 Å². The summed E-state index contributed by atoms with van der Waals surface area (Å²) in [5.41, 5.74) is 1.11. The summed E-state index contributed by atoms with van der Waals surface area (Å²) >= 11 is 1.64. The van der Waals surface area contributed by atoms with Gasteiger partial charge in [0.2, 0.25) is 0 Å². The second-order valence-corrected chi connectivity index (χ2v) is 5.40. The molecule has 5 heteroatoms. The van der Waals surface area contributed by atoms with Crippen LogP contribution in [-0.4, -0.2) is 25.7 Å². The van der Waals surface area contributed by atoms with Gasteiger partial charge in [0.15, 0.2) is 0 Å². The van der Waals surface area contributed by atoms with E-state index in [1.807, 2.05) is 16.8 Å². The van der Waals surface area contributed by atoms with Crippen molar-refractivity contribution in [2.75, 3.05) is 13.7 Å². The molecule has 0 aromatic carbocycles. The van der Waals surface area contributed by atoms with Gasteiger partial charge >= 0.3 is 6.03 Å². The summed E-state index contributed by atoms with van der Waals surface area (Å²) in [6.45, 7) is 0.506. The molecule has 2 amide bonds. The number of thiophene rings is 1. The number of hydrogen-bond donors (Lipinski definition) is 2. The molecule has 1 aromatic heterocycles. The molecule has 1 saturated carbocycles. The highest BCUT2D eigenvalue weighted by atomic mass is 32.1. The normalized spacial score (nSPS) is 17.6. The van der Waals surface area contributed by atoms with Gasteiger partial charge in [-0.25, -0.2) is 4.79 Å². The molecule has 2 rings (SSSR count). The molecule has 18 heavy (non-hydrogen) atoms.